The summed E-state index contributed by atoms with van der Waals surface area (Å²) in [6, 6.07) is 37.7. The van der Waals surface area contributed by atoms with Crippen LogP contribution in [0.15, 0.2) is 184 Å². The molecule has 0 amide bonds. The Balaban J connectivity index is 0.000000180. The summed E-state index contributed by atoms with van der Waals surface area (Å²) in [5.41, 5.74) is 65.5. The summed E-state index contributed by atoms with van der Waals surface area (Å²) in [4.78, 5) is 84.5. The van der Waals surface area contributed by atoms with Gasteiger partial charge in [0.05, 0.1) is 137 Å². The van der Waals surface area contributed by atoms with Crippen molar-refractivity contribution >= 4 is 0 Å². The first-order valence-corrected chi connectivity index (χ1v) is 49.3. The normalized spacial score (nSPS) is 10.7. The van der Waals surface area contributed by atoms with Crippen molar-refractivity contribution in [2.45, 2.75) is 249 Å². The Morgan fingerprint density at radius 3 is 0.442 bits per heavy atom. The molecule has 21 heteroatoms. The van der Waals surface area contributed by atoms with Gasteiger partial charge in [0, 0.05) is 74.4 Å². The Bertz CT molecular complexity index is 7200. The molecule has 0 aromatic carbocycles. The van der Waals surface area contributed by atoms with Gasteiger partial charge in [-0.1, -0.05) is 0 Å². The van der Waals surface area contributed by atoms with E-state index in [4.69, 9.17) is 29.9 Å². The van der Waals surface area contributed by atoms with Crippen LogP contribution >= 0.6 is 0 Å². The van der Waals surface area contributed by atoms with E-state index in [1.54, 1.807) is 0 Å². The van der Waals surface area contributed by atoms with Crippen LogP contribution in [0.2, 0.25) is 0 Å². The molecule has 751 valence electrons. The van der Waals surface area contributed by atoms with Crippen LogP contribution in [0.5, 0.6) is 0 Å². The molecule has 0 saturated heterocycles. The fourth-order valence-corrected chi connectivity index (χ4v) is 16.2. The van der Waals surface area contributed by atoms with E-state index < -0.39 is 0 Å². The van der Waals surface area contributed by atoms with Gasteiger partial charge in [0.25, 0.3) is 0 Å². The molecule has 0 aliphatic heterocycles. The second-order valence-electron chi connectivity index (χ2n) is 39.4. The maximum Gasteiger partial charge on any atom is 3.00 e. The Labute approximate surface area is 902 Å². The minimum absolute atomic E-state index is 0. The molecule has 18 heterocycles. The summed E-state index contributed by atoms with van der Waals surface area (Å²) >= 11 is 0. The number of aryl methyl sites for hydroxylation is 26. The van der Waals surface area contributed by atoms with E-state index >= 15 is 0 Å². The van der Waals surface area contributed by atoms with E-state index in [9.17, 15) is 0 Å². The molecule has 0 aliphatic carbocycles. The molecule has 18 nitrogen and oxygen atoms in total. The van der Waals surface area contributed by atoms with Gasteiger partial charge in [-0.3, -0.25) is 59.8 Å². The van der Waals surface area contributed by atoms with Gasteiger partial charge in [0.2, 0.25) is 0 Å². The number of hydrogen-bond donors (Lipinski definition) is 0. The molecule has 0 saturated carbocycles. The van der Waals surface area contributed by atoms with Crippen molar-refractivity contribution in [1.82, 2.24) is 89.7 Å². The van der Waals surface area contributed by atoms with Crippen molar-refractivity contribution < 1.29 is 50.3 Å². The third-order valence-electron chi connectivity index (χ3n) is 29.0. The third-order valence-corrected chi connectivity index (χ3v) is 29.0. The SMILES string of the molecule is Cc1ccnc(-c2cc(C)c(C)c(-c3nccc(C)c3C)n2)c1C.Cc1ccnc(-c2cc(C)c(C)c(-c3nccc(C)c3C)n2)c1C.Cc1cnc(-c2cc(C)c(C)c(-c3cc(C)c(C)cn3)n2)cc1C.Cc1cnc(-c2cc(C)c(C)c(-c3cc(C)c(C)cn3)n2)cc1C.Cc1cnc(-c2cc(C)c(C)c(-c3cc(C)c(C)cn3)n2)cc1C.Cc1cnc(-c2cc(C)c(C)c(-c3cc(C)c(C)cn3)n2)cc1C.[Co+2].[Co+3].[Co+3]. The van der Waals surface area contributed by atoms with Crippen LogP contribution in [0.4, 0.5) is 0 Å². The van der Waals surface area contributed by atoms with E-state index in [2.05, 4.69) is 394 Å². The zero-order valence-electron chi connectivity index (χ0n) is 92.4. The van der Waals surface area contributed by atoms with Crippen LogP contribution < -0.4 is 0 Å². The molecule has 18 aromatic heterocycles. The third kappa shape index (κ3) is 26.6. The van der Waals surface area contributed by atoms with E-state index in [0.29, 0.717) is 0 Å². The standard InChI is InChI=1S/6C21H23N3.3Co/c4*1-12-7-18(22-10-15(12)4)19-9-14(3)17(6)21(24-19)20-8-13(2)16(5)11-23-20;2*1-12-7-9-22-19(15(12)4)18-11-14(3)17(6)21(24-18)20-16(5)13(2)8-10-23-20;;;/h6*7-11H,1-6H3;;;/q;;;;;;+2;2*+3. The monoisotopic (exact) mass is 2080 g/mol. The minimum atomic E-state index is 0. The van der Waals surface area contributed by atoms with Crippen molar-refractivity contribution in [3.63, 3.8) is 0 Å². The first kappa shape index (κ1) is 115. The van der Waals surface area contributed by atoms with Gasteiger partial charge in [0.15, 0.2) is 0 Å². The van der Waals surface area contributed by atoms with Gasteiger partial charge in [-0.15, -0.1) is 0 Å². The predicted octanol–water partition coefficient (Wildman–Crippen LogP) is 30.3. The molecule has 0 unspecified atom stereocenters. The largest absolute Gasteiger partial charge is 3.00 e. The van der Waals surface area contributed by atoms with Gasteiger partial charge in [-0.25, -0.2) is 29.9 Å². The smallest absolute Gasteiger partial charge is 0.254 e. The molecular weight excluding hydrogens is 1940 g/mol. The molecule has 1 radical (unpaired) electrons. The molecule has 18 rings (SSSR count). The molecule has 0 fully saturated rings. The second-order valence-corrected chi connectivity index (χ2v) is 39.4. The van der Waals surface area contributed by atoms with Gasteiger partial charge in [-0.2, -0.15) is 0 Å². The van der Waals surface area contributed by atoms with Gasteiger partial charge >= 0.3 is 50.3 Å². The van der Waals surface area contributed by atoms with E-state index in [1.807, 2.05) is 98.6 Å². The van der Waals surface area contributed by atoms with Gasteiger partial charge < -0.3 is 0 Å². The van der Waals surface area contributed by atoms with Crippen molar-refractivity contribution in [3.05, 3.63) is 384 Å². The first-order valence-electron chi connectivity index (χ1n) is 49.3. The molecule has 147 heavy (non-hydrogen) atoms. The average molecular weight is 2080 g/mol. The van der Waals surface area contributed by atoms with Crippen LogP contribution in [0.1, 0.15) is 200 Å². The van der Waals surface area contributed by atoms with Crippen molar-refractivity contribution in [2.75, 3.05) is 0 Å². The number of aromatic nitrogens is 18. The number of pyridine rings is 18. The maximum absolute atomic E-state index is 4.95. The summed E-state index contributed by atoms with van der Waals surface area (Å²) in [5.74, 6) is 0. The summed E-state index contributed by atoms with van der Waals surface area (Å²) in [6.07, 6.45) is 22.7. The zero-order valence-corrected chi connectivity index (χ0v) is 95.5. The quantitative estimate of drug-likeness (QED) is 0.111. The minimum Gasteiger partial charge on any atom is -0.254 e. The van der Waals surface area contributed by atoms with Crippen LogP contribution in [-0.2, 0) is 50.3 Å². The molecule has 0 aliphatic rings. The Kier molecular flexibility index (Phi) is 38.9. The Hall–Kier alpha value is -13.8. The molecule has 18 aromatic rings. The predicted molar refractivity (Wildman–Crippen MR) is 595 cm³/mol. The fourth-order valence-electron chi connectivity index (χ4n) is 16.2. The maximum atomic E-state index is 4.95. The molecule has 0 atom stereocenters. The molecule has 0 spiro atoms. The van der Waals surface area contributed by atoms with Crippen LogP contribution in [-0.4, -0.2) is 89.7 Å². The summed E-state index contributed by atoms with van der Waals surface area (Å²) in [5, 5.41) is 0. The topological polar surface area (TPSA) is 232 Å². The first-order chi connectivity index (χ1) is 68.2. The average Bonchev–Trinajstić information content (AvgIpc) is 0.779. The number of rotatable bonds is 12. The van der Waals surface area contributed by atoms with Gasteiger partial charge in [0.1, 0.15) is 0 Å². The molecular formula is C126H138Co3N18+8. The van der Waals surface area contributed by atoms with Crippen molar-refractivity contribution in [2.24, 2.45) is 0 Å². The second kappa shape index (κ2) is 49.6. The Morgan fingerprint density at radius 2 is 0.252 bits per heavy atom. The van der Waals surface area contributed by atoms with Crippen molar-refractivity contribution in [3.8, 4) is 137 Å². The molecule has 0 bridgehead atoms. The fraction of sp³-hybridized carbons (Fsp3) is 0.286. The van der Waals surface area contributed by atoms with Crippen LogP contribution in [0.3, 0.4) is 0 Å². The number of nitrogens with zero attached hydrogens (tertiary/aromatic N) is 18. The number of hydrogen-bond acceptors (Lipinski definition) is 18. The molecule has 0 N–H and O–H groups in total. The van der Waals surface area contributed by atoms with Crippen LogP contribution in [0.25, 0.3) is 137 Å². The summed E-state index contributed by atoms with van der Waals surface area (Å²) < 4.78 is 0. The van der Waals surface area contributed by atoms with Crippen molar-refractivity contribution in [1.29, 1.82) is 0 Å². The Morgan fingerprint density at radius 1 is 0.116 bits per heavy atom. The van der Waals surface area contributed by atoms with Crippen LogP contribution in [0, 0.1) is 249 Å². The van der Waals surface area contributed by atoms with Gasteiger partial charge in [-0.05, 0) is 559 Å². The summed E-state index contributed by atoms with van der Waals surface area (Å²) in [6.45, 7) is 75.7. The van der Waals surface area contributed by atoms with E-state index in [-0.39, 0.29) is 50.3 Å². The zero-order chi connectivity index (χ0) is 105. The summed E-state index contributed by atoms with van der Waals surface area (Å²) in [7, 11) is 0. The van der Waals surface area contributed by atoms with E-state index in [1.165, 1.54) is 200 Å². The van der Waals surface area contributed by atoms with E-state index in [0.717, 1.165) is 137 Å².